The molecule has 0 fully saturated rings. The Hall–Kier alpha value is -0.590. The lowest BCUT2D eigenvalue weighted by Gasteiger charge is -2.04. The van der Waals surface area contributed by atoms with Gasteiger partial charge >= 0.3 is 0 Å². The number of anilines is 1. The van der Waals surface area contributed by atoms with E-state index in [2.05, 4.69) is 20.7 Å². The summed E-state index contributed by atoms with van der Waals surface area (Å²) in [5, 5.41) is 0. The fourth-order valence-corrected chi connectivity index (χ4v) is 1.82. The molecule has 0 heterocycles. The predicted octanol–water partition coefficient (Wildman–Crippen LogP) is 0.939. The zero-order chi connectivity index (χ0) is 10.1. The van der Waals surface area contributed by atoms with E-state index in [9.17, 15) is 8.42 Å². The van der Waals surface area contributed by atoms with E-state index < -0.39 is 10.0 Å². The third-order valence-corrected chi connectivity index (χ3v) is 3.68. The van der Waals surface area contributed by atoms with Crippen LogP contribution in [0.15, 0.2) is 27.6 Å². The molecule has 0 radical (unpaired) electrons. The highest BCUT2D eigenvalue weighted by Gasteiger charge is 2.11. The Morgan fingerprint density at radius 3 is 2.54 bits per heavy atom. The first-order valence-corrected chi connectivity index (χ1v) is 5.73. The molecule has 0 aromatic heterocycles. The monoisotopic (exact) mass is 264 g/mol. The van der Waals surface area contributed by atoms with Crippen LogP contribution in [-0.4, -0.2) is 15.5 Å². The van der Waals surface area contributed by atoms with Gasteiger partial charge in [-0.3, -0.25) is 0 Å². The van der Waals surface area contributed by atoms with Crippen molar-refractivity contribution in [2.45, 2.75) is 4.90 Å². The molecule has 0 aliphatic carbocycles. The molecule has 0 aliphatic heterocycles. The van der Waals surface area contributed by atoms with Crippen LogP contribution in [0.1, 0.15) is 0 Å². The van der Waals surface area contributed by atoms with Gasteiger partial charge in [0.05, 0.1) is 4.90 Å². The topological polar surface area (TPSA) is 72.2 Å². The molecule has 1 aromatic carbocycles. The van der Waals surface area contributed by atoms with Crippen LogP contribution >= 0.6 is 15.9 Å². The lowest BCUT2D eigenvalue weighted by atomic mass is 10.3. The maximum absolute atomic E-state index is 11.3. The Bertz CT molecular complexity index is 417. The molecule has 0 amide bonds. The molecule has 0 atom stereocenters. The molecule has 0 bridgehead atoms. The summed E-state index contributed by atoms with van der Waals surface area (Å²) in [4.78, 5) is 0.163. The van der Waals surface area contributed by atoms with E-state index in [4.69, 9.17) is 5.73 Å². The number of nitrogen functional groups attached to an aromatic ring is 1. The van der Waals surface area contributed by atoms with E-state index in [1.165, 1.54) is 19.2 Å². The Morgan fingerprint density at radius 2 is 2.08 bits per heavy atom. The van der Waals surface area contributed by atoms with Crippen molar-refractivity contribution in [3.63, 3.8) is 0 Å². The first-order chi connectivity index (χ1) is 5.97. The van der Waals surface area contributed by atoms with Crippen LogP contribution in [0.25, 0.3) is 0 Å². The quantitative estimate of drug-likeness (QED) is 0.781. The summed E-state index contributed by atoms with van der Waals surface area (Å²) in [6, 6.07) is 4.47. The van der Waals surface area contributed by atoms with Crippen molar-refractivity contribution < 1.29 is 8.42 Å². The van der Waals surface area contributed by atoms with Gasteiger partial charge in [0.1, 0.15) is 0 Å². The normalized spacial score (nSPS) is 11.5. The molecule has 0 aliphatic rings. The molecule has 4 nitrogen and oxygen atoms in total. The molecule has 72 valence electrons. The summed E-state index contributed by atoms with van der Waals surface area (Å²) in [6.45, 7) is 0. The fraction of sp³-hybridized carbons (Fsp3) is 0.143. The van der Waals surface area contributed by atoms with E-state index >= 15 is 0 Å². The summed E-state index contributed by atoms with van der Waals surface area (Å²) in [6.07, 6.45) is 0. The molecular formula is C7H9BrN2O2S. The van der Waals surface area contributed by atoms with Crippen LogP contribution < -0.4 is 10.5 Å². The number of rotatable bonds is 2. The van der Waals surface area contributed by atoms with E-state index in [0.717, 1.165) is 0 Å². The third-order valence-electron chi connectivity index (χ3n) is 1.55. The summed E-state index contributed by atoms with van der Waals surface area (Å²) in [5.41, 5.74) is 5.93. The molecule has 13 heavy (non-hydrogen) atoms. The van der Waals surface area contributed by atoms with Crippen LogP contribution in [0.5, 0.6) is 0 Å². The second-order valence-corrected chi connectivity index (χ2v) is 5.13. The smallest absolute Gasteiger partial charge is 0.240 e. The average molecular weight is 265 g/mol. The minimum Gasteiger partial charge on any atom is -0.398 e. The van der Waals surface area contributed by atoms with Gasteiger partial charge in [-0.1, -0.05) is 0 Å². The first-order valence-electron chi connectivity index (χ1n) is 3.46. The Kier molecular flexibility index (Phi) is 2.94. The Labute approximate surface area is 85.3 Å². The largest absolute Gasteiger partial charge is 0.398 e. The van der Waals surface area contributed by atoms with E-state index in [0.29, 0.717) is 10.2 Å². The number of nitrogens with one attached hydrogen (secondary N) is 1. The number of hydrogen-bond donors (Lipinski definition) is 2. The van der Waals surface area contributed by atoms with Crippen molar-refractivity contribution in [3.05, 3.63) is 22.7 Å². The number of nitrogens with two attached hydrogens (primary N) is 1. The molecule has 6 heteroatoms. The number of halogens is 1. The molecule has 0 unspecified atom stereocenters. The highest BCUT2D eigenvalue weighted by atomic mass is 79.9. The van der Waals surface area contributed by atoms with Crippen molar-refractivity contribution in [1.82, 2.24) is 4.72 Å². The van der Waals surface area contributed by atoms with Gasteiger partial charge in [-0.25, -0.2) is 13.1 Å². The van der Waals surface area contributed by atoms with Gasteiger partial charge in [0.25, 0.3) is 0 Å². The van der Waals surface area contributed by atoms with Gasteiger partial charge in [-0.15, -0.1) is 0 Å². The van der Waals surface area contributed by atoms with Crippen LogP contribution in [0.4, 0.5) is 5.69 Å². The maximum Gasteiger partial charge on any atom is 0.240 e. The second kappa shape index (κ2) is 3.65. The third kappa shape index (κ3) is 2.20. The maximum atomic E-state index is 11.3. The van der Waals surface area contributed by atoms with Gasteiger partial charge in [0.2, 0.25) is 10.0 Å². The number of benzene rings is 1. The second-order valence-electron chi connectivity index (χ2n) is 2.39. The Balaban J connectivity index is 3.27. The van der Waals surface area contributed by atoms with Crippen LogP contribution in [-0.2, 0) is 10.0 Å². The van der Waals surface area contributed by atoms with Crippen molar-refractivity contribution in [3.8, 4) is 0 Å². The highest BCUT2D eigenvalue weighted by molar-refractivity contribution is 9.10. The first kappa shape index (κ1) is 10.5. The van der Waals surface area contributed by atoms with Crippen molar-refractivity contribution >= 4 is 31.6 Å². The highest BCUT2D eigenvalue weighted by Crippen LogP contribution is 2.22. The standard InChI is InChI=1S/C7H9BrN2O2S/c1-10-13(11,12)5-2-3-6(8)7(9)4-5/h2-4,10H,9H2,1H3. The van der Waals surface area contributed by atoms with Crippen molar-refractivity contribution in [1.29, 1.82) is 0 Å². The van der Waals surface area contributed by atoms with Crippen molar-refractivity contribution in [2.24, 2.45) is 0 Å². The molecule has 1 rings (SSSR count). The molecule has 0 saturated carbocycles. The summed E-state index contributed by atoms with van der Waals surface area (Å²) in [5.74, 6) is 0. The molecular weight excluding hydrogens is 256 g/mol. The van der Waals surface area contributed by atoms with Crippen LogP contribution in [0, 0.1) is 0 Å². The van der Waals surface area contributed by atoms with E-state index in [1.807, 2.05) is 0 Å². The molecule has 0 saturated heterocycles. The zero-order valence-corrected chi connectivity index (χ0v) is 9.31. The van der Waals surface area contributed by atoms with Gasteiger partial charge in [-0.05, 0) is 41.2 Å². The zero-order valence-electron chi connectivity index (χ0n) is 6.91. The van der Waals surface area contributed by atoms with Crippen molar-refractivity contribution in [2.75, 3.05) is 12.8 Å². The van der Waals surface area contributed by atoms with E-state index in [-0.39, 0.29) is 4.90 Å². The lowest BCUT2D eigenvalue weighted by Crippen LogP contribution is -2.18. The van der Waals surface area contributed by atoms with Gasteiger partial charge < -0.3 is 5.73 Å². The summed E-state index contributed by atoms with van der Waals surface area (Å²) >= 11 is 3.18. The Morgan fingerprint density at radius 1 is 1.46 bits per heavy atom. The van der Waals surface area contributed by atoms with Gasteiger partial charge in [0.15, 0.2) is 0 Å². The molecule has 1 aromatic rings. The van der Waals surface area contributed by atoms with Crippen LogP contribution in [0.3, 0.4) is 0 Å². The molecule has 3 N–H and O–H groups in total. The SMILES string of the molecule is CNS(=O)(=O)c1ccc(Br)c(N)c1. The minimum atomic E-state index is -3.39. The average Bonchev–Trinajstić information content (AvgIpc) is 2.09. The van der Waals surface area contributed by atoms with Crippen LogP contribution in [0.2, 0.25) is 0 Å². The van der Waals surface area contributed by atoms with E-state index in [1.54, 1.807) is 6.07 Å². The predicted molar refractivity (Wildman–Crippen MR) is 54.8 cm³/mol. The summed E-state index contributed by atoms with van der Waals surface area (Å²) < 4.78 is 25.5. The number of sulfonamides is 1. The summed E-state index contributed by atoms with van der Waals surface area (Å²) in [7, 11) is -2.03. The minimum absolute atomic E-state index is 0.163. The lowest BCUT2D eigenvalue weighted by molar-refractivity contribution is 0.588. The fourth-order valence-electron chi connectivity index (χ4n) is 0.807. The van der Waals surface area contributed by atoms with Gasteiger partial charge in [-0.2, -0.15) is 0 Å². The van der Waals surface area contributed by atoms with Gasteiger partial charge in [0, 0.05) is 10.2 Å². The molecule has 0 spiro atoms. The number of hydrogen-bond acceptors (Lipinski definition) is 3.